The van der Waals surface area contributed by atoms with E-state index >= 15 is 0 Å². The second-order valence-corrected chi connectivity index (χ2v) is 6.31. The summed E-state index contributed by atoms with van der Waals surface area (Å²) in [6.07, 6.45) is 0. The Bertz CT molecular complexity index is 597. The lowest BCUT2D eigenvalue weighted by Gasteiger charge is -2.18. The van der Waals surface area contributed by atoms with Crippen LogP contribution in [0.2, 0.25) is 0 Å². The number of rotatable bonds is 8. The topological polar surface area (TPSA) is 92.6 Å². The highest BCUT2D eigenvalue weighted by molar-refractivity contribution is 7.89. The lowest BCUT2D eigenvalue weighted by molar-refractivity contribution is -0.387. The van der Waals surface area contributed by atoms with Crippen molar-refractivity contribution >= 4 is 15.7 Å². The summed E-state index contributed by atoms with van der Waals surface area (Å²) in [5.41, 5.74) is -0.0371. The van der Waals surface area contributed by atoms with Gasteiger partial charge in [0.05, 0.1) is 4.92 Å². The molecule has 1 rings (SSSR count). The van der Waals surface area contributed by atoms with Crippen molar-refractivity contribution in [2.45, 2.75) is 25.7 Å². The lowest BCUT2D eigenvalue weighted by Crippen LogP contribution is -2.35. The van der Waals surface area contributed by atoms with Gasteiger partial charge in [0, 0.05) is 19.2 Å². The summed E-state index contributed by atoms with van der Waals surface area (Å²) in [6.45, 7) is 7.95. The molecule has 0 aliphatic carbocycles. The van der Waals surface area contributed by atoms with Gasteiger partial charge in [0.2, 0.25) is 10.0 Å². The van der Waals surface area contributed by atoms with Crippen LogP contribution in [0.15, 0.2) is 23.1 Å². The van der Waals surface area contributed by atoms with Gasteiger partial charge in [-0.05, 0) is 25.6 Å². The molecule has 0 aliphatic heterocycles. The highest BCUT2D eigenvalue weighted by Crippen LogP contribution is 2.26. The molecule has 1 aromatic carbocycles. The van der Waals surface area contributed by atoms with E-state index in [0.717, 1.165) is 13.1 Å². The summed E-state index contributed by atoms with van der Waals surface area (Å²) in [7, 11) is -3.90. The molecule has 0 amide bonds. The zero-order chi connectivity index (χ0) is 16.0. The first-order chi connectivity index (χ1) is 9.83. The summed E-state index contributed by atoms with van der Waals surface area (Å²) in [5.74, 6) is 0. The normalized spacial score (nSPS) is 11.8. The molecule has 0 unspecified atom stereocenters. The SMILES string of the molecule is CCN(CC)CCNS(=O)(=O)c1c(C)cccc1[N+](=O)[O-]. The molecule has 0 aromatic heterocycles. The third kappa shape index (κ3) is 4.48. The predicted molar refractivity (Wildman–Crippen MR) is 80.8 cm³/mol. The van der Waals surface area contributed by atoms with Gasteiger partial charge < -0.3 is 4.90 Å². The molecule has 21 heavy (non-hydrogen) atoms. The number of aryl methyl sites for hydroxylation is 1. The number of hydrogen-bond acceptors (Lipinski definition) is 5. The minimum absolute atomic E-state index is 0.218. The van der Waals surface area contributed by atoms with Crippen molar-refractivity contribution in [3.8, 4) is 0 Å². The molecular weight excluding hydrogens is 294 g/mol. The Balaban J connectivity index is 2.96. The molecule has 0 heterocycles. The van der Waals surface area contributed by atoms with E-state index in [2.05, 4.69) is 9.62 Å². The number of nitrogens with one attached hydrogen (secondary N) is 1. The van der Waals surface area contributed by atoms with Crippen molar-refractivity contribution in [3.05, 3.63) is 33.9 Å². The number of nitro groups is 1. The third-order valence-corrected chi connectivity index (χ3v) is 4.92. The van der Waals surface area contributed by atoms with Crippen molar-refractivity contribution < 1.29 is 13.3 Å². The van der Waals surface area contributed by atoms with Gasteiger partial charge in [-0.3, -0.25) is 10.1 Å². The summed E-state index contributed by atoms with van der Waals surface area (Å²) in [4.78, 5) is 12.1. The number of benzene rings is 1. The first kappa shape index (κ1) is 17.5. The van der Waals surface area contributed by atoms with Crippen LogP contribution in [0.5, 0.6) is 0 Å². The number of nitro benzene ring substituents is 1. The lowest BCUT2D eigenvalue weighted by atomic mass is 10.2. The number of hydrogen-bond donors (Lipinski definition) is 1. The molecule has 8 heteroatoms. The van der Waals surface area contributed by atoms with Crippen LogP contribution in [0.25, 0.3) is 0 Å². The van der Waals surface area contributed by atoms with Crippen molar-refractivity contribution in [2.24, 2.45) is 0 Å². The van der Waals surface area contributed by atoms with Gasteiger partial charge in [0.25, 0.3) is 5.69 Å². The van der Waals surface area contributed by atoms with Crippen LogP contribution < -0.4 is 4.72 Å². The standard InChI is InChI=1S/C13H21N3O4S/c1-4-15(5-2)10-9-14-21(19,20)13-11(3)7-6-8-12(13)16(17)18/h6-8,14H,4-5,9-10H2,1-3H3. The third-order valence-electron chi connectivity index (χ3n) is 3.27. The maximum atomic E-state index is 12.3. The fourth-order valence-electron chi connectivity index (χ4n) is 2.08. The Labute approximate surface area is 125 Å². The quantitative estimate of drug-likeness (QED) is 0.580. The van der Waals surface area contributed by atoms with Crippen LogP contribution in [-0.4, -0.2) is 44.4 Å². The first-order valence-electron chi connectivity index (χ1n) is 6.79. The van der Waals surface area contributed by atoms with Crippen LogP contribution in [0, 0.1) is 17.0 Å². The zero-order valence-corrected chi connectivity index (χ0v) is 13.3. The minimum Gasteiger partial charge on any atom is -0.303 e. The molecule has 1 N–H and O–H groups in total. The van der Waals surface area contributed by atoms with Gasteiger partial charge >= 0.3 is 0 Å². The minimum atomic E-state index is -3.90. The van der Waals surface area contributed by atoms with Gasteiger partial charge in [0.15, 0.2) is 4.90 Å². The highest BCUT2D eigenvalue weighted by Gasteiger charge is 2.27. The molecule has 0 aliphatic rings. The van der Waals surface area contributed by atoms with E-state index in [1.807, 2.05) is 13.8 Å². The van der Waals surface area contributed by atoms with Crippen molar-refractivity contribution in [1.82, 2.24) is 9.62 Å². The van der Waals surface area contributed by atoms with Crippen LogP contribution in [0.4, 0.5) is 5.69 Å². The molecule has 0 bridgehead atoms. The van der Waals surface area contributed by atoms with Crippen LogP contribution >= 0.6 is 0 Å². The van der Waals surface area contributed by atoms with Crippen molar-refractivity contribution in [1.29, 1.82) is 0 Å². The summed E-state index contributed by atoms with van der Waals surface area (Å²) < 4.78 is 27.0. The van der Waals surface area contributed by atoms with Gasteiger partial charge in [-0.15, -0.1) is 0 Å². The Hall–Kier alpha value is -1.51. The molecule has 0 spiro atoms. The van der Waals surface area contributed by atoms with E-state index < -0.39 is 20.6 Å². The molecule has 0 fully saturated rings. The highest BCUT2D eigenvalue weighted by atomic mass is 32.2. The summed E-state index contributed by atoms with van der Waals surface area (Å²) in [5, 5.41) is 11.0. The molecule has 0 radical (unpaired) electrons. The molecule has 0 saturated carbocycles. The summed E-state index contributed by atoms with van der Waals surface area (Å²) in [6, 6.07) is 4.22. The van der Waals surface area contributed by atoms with Gasteiger partial charge in [-0.2, -0.15) is 0 Å². The van der Waals surface area contributed by atoms with Crippen LogP contribution in [0.3, 0.4) is 0 Å². The van der Waals surface area contributed by atoms with Gasteiger partial charge in [-0.1, -0.05) is 26.0 Å². The average molecular weight is 315 g/mol. The van der Waals surface area contributed by atoms with E-state index in [-0.39, 0.29) is 11.4 Å². The van der Waals surface area contributed by atoms with Crippen molar-refractivity contribution in [2.75, 3.05) is 26.2 Å². The Kier molecular flexibility index (Phi) is 6.25. The molecule has 118 valence electrons. The van der Waals surface area contributed by atoms with E-state index in [1.165, 1.54) is 12.1 Å². The molecule has 0 saturated heterocycles. The Morgan fingerprint density at radius 2 is 1.90 bits per heavy atom. The fraction of sp³-hybridized carbons (Fsp3) is 0.538. The smallest absolute Gasteiger partial charge is 0.289 e. The molecule has 1 aromatic rings. The maximum absolute atomic E-state index is 12.3. The van der Waals surface area contributed by atoms with Gasteiger partial charge in [-0.25, -0.2) is 13.1 Å². The zero-order valence-electron chi connectivity index (χ0n) is 12.5. The average Bonchev–Trinajstić information content (AvgIpc) is 2.43. The second kappa shape index (κ2) is 7.48. The molecule has 7 nitrogen and oxygen atoms in total. The van der Waals surface area contributed by atoms with Crippen LogP contribution in [-0.2, 0) is 10.0 Å². The number of nitrogens with zero attached hydrogens (tertiary/aromatic N) is 2. The molecule has 0 atom stereocenters. The molecular formula is C13H21N3O4S. The second-order valence-electron chi connectivity index (χ2n) is 4.60. The predicted octanol–water partition coefficient (Wildman–Crippen LogP) is 1.52. The van der Waals surface area contributed by atoms with E-state index in [4.69, 9.17) is 0 Å². The number of sulfonamides is 1. The summed E-state index contributed by atoms with van der Waals surface area (Å²) >= 11 is 0. The van der Waals surface area contributed by atoms with E-state index in [0.29, 0.717) is 12.1 Å². The van der Waals surface area contributed by atoms with Gasteiger partial charge in [0.1, 0.15) is 0 Å². The van der Waals surface area contributed by atoms with E-state index in [1.54, 1.807) is 13.0 Å². The Morgan fingerprint density at radius 1 is 1.29 bits per heavy atom. The largest absolute Gasteiger partial charge is 0.303 e. The number of likely N-dealkylation sites (N-methyl/N-ethyl adjacent to an activating group) is 1. The van der Waals surface area contributed by atoms with E-state index in [9.17, 15) is 18.5 Å². The van der Waals surface area contributed by atoms with Crippen molar-refractivity contribution in [3.63, 3.8) is 0 Å². The monoisotopic (exact) mass is 315 g/mol. The first-order valence-corrected chi connectivity index (χ1v) is 8.27. The maximum Gasteiger partial charge on any atom is 0.289 e. The van der Waals surface area contributed by atoms with Crippen LogP contribution in [0.1, 0.15) is 19.4 Å². The fourth-order valence-corrected chi connectivity index (χ4v) is 3.49. The Morgan fingerprint density at radius 3 is 2.43 bits per heavy atom.